The first-order valence-electron chi connectivity index (χ1n) is 10.7. The van der Waals surface area contributed by atoms with Crippen LogP contribution in [0.1, 0.15) is 24.0 Å². The molecule has 9 heteroatoms. The van der Waals surface area contributed by atoms with Crippen molar-refractivity contribution < 1.29 is 19.4 Å². The highest BCUT2D eigenvalue weighted by Crippen LogP contribution is 2.38. The van der Waals surface area contributed by atoms with Gasteiger partial charge in [0.15, 0.2) is 0 Å². The van der Waals surface area contributed by atoms with Crippen molar-refractivity contribution >= 4 is 23.5 Å². The number of nitrogens with zero attached hydrogens (tertiary/aromatic N) is 4. The number of pyridine rings is 1. The third-order valence-corrected chi connectivity index (χ3v) is 6.61. The molecule has 2 saturated heterocycles. The number of phenols is 1. The predicted molar refractivity (Wildman–Crippen MR) is 119 cm³/mol. The number of methoxy groups -OCH3 is 1. The maximum Gasteiger partial charge on any atom is 0.328 e. The summed E-state index contributed by atoms with van der Waals surface area (Å²) in [7, 11) is 1.59. The number of phenolic OH excluding ortho intramolecular Hbond substituents is 1. The van der Waals surface area contributed by atoms with Gasteiger partial charge >= 0.3 is 6.03 Å². The average molecular weight is 459 g/mol. The number of piperidine rings is 1. The molecule has 0 atom stereocenters. The Labute approximate surface area is 192 Å². The van der Waals surface area contributed by atoms with Crippen molar-refractivity contribution in [1.29, 1.82) is 0 Å². The Hall–Kier alpha value is -2.68. The molecule has 1 N–H and O–H groups in total. The van der Waals surface area contributed by atoms with Gasteiger partial charge in [-0.15, -0.1) is 0 Å². The quantitative estimate of drug-likeness (QED) is 0.642. The first-order chi connectivity index (χ1) is 15.4. The number of benzene rings is 1. The molecule has 2 fully saturated rings. The minimum absolute atomic E-state index is 0.0607. The Morgan fingerprint density at radius 3 is 2.59 bits per heavy atom. The number of imide groups is 1. The van der Waals surface area contributed by atoms with Gasteiger partial charge in [0.1, 0.15) is 11.3 Å². The van der Waals surface area contributed by atoms with Crippen molar-refractivity contribution in [3.8, 4) is 5.75 Å². The number of urea groups is 1. The third-order valence-electron chi connectivity index (χ3n) is 6.31. The monoisotopic (exact) mass is 458 g/mol. The smallest absolute Gasteiger partial charge is 0.328 e. The second kappa shape index (κ2) is 9.44. The Morgan fingerprint density at radius 2 is 1.94 bits per heavy atom. The van der Waals surface area contributed by atoms with Gasteiger partial charge in [-0.3, -0.25) is 19.6 Å². The van der Waals surface area contributed by atoms with E-state index in [1.54, 1.807) is 42.6 Å². The van der Waals surface area contributed by atoms with Gasteiger partial charge in [0.05, 0.1) is 18.2 Å². The van der Waals surface area contributed by atoms with Crippen molar-refractivity contribution in [3.63, 3.8) is 0 Å². The number of carbonyl (C=O) groups is 2. The van der Waals surface area contributed by atoms with Crippen LogP contribution in [0.2, 0.25) is 5.02 Å². The first kappa shape index (κ1) is 22.5. The average Bonchev–Trinajstić information content (AvgIpc) is 2.98. The molecule has 0 saturated carbocycles. The van der Waals surface area contributed by atoms with Gasteiger partial charge in [-0.1, -0.05) is 23.7 Å². The molecule has 1 aromatic heterocycles. The van der Waals surface area contributed by atoms with Crippen LogP contribution in [0.5, 0.6) is 5.75 Å². The molecule has 8 nitrogen and oxygen atoms in total. The fourth-order valence-electron chi connectivity index (χ4n) is 4.56. The van der Waals surface area contributed by atoms with Gasteiger partial charge in [0.2, 0.25) is 0 Å². The highest BCUT2D eigenvalue weighted by Gasteiger charge is 2.57. The molecule has 0 radical (unpaired) electrons. The molecule has 1 aromatic carbocycles. The van der Waals surface area contributed by atoms with E-state index in [4.69, 9.17) is 16.3 Å². The van der Waals surface area contributed by atoms with Crippen LogP contribution in [0.4, 0.5) is 4.79 Å². The van der Waals surface area contributed by atoms with Gasteiger partial charge in [-0.25, -0.2) is 4.79 Å². The molecular weight excluding hydrogens is 432 g/mol. The number of halogens is 1. The Balaban J connectivity index is 1.50. The summed E-state index contributed by atoms with van der Waals surface area (Å²) in [5, 5.41) is 9.96. The first-order valence-corrected chi connectivity index (χ1v) is 11.0. The van der Waals surface area contributed by atoms with E-state index in [9.17, 15) is 14.7 Å². The zero-order chi connectivity index (χ0) is 22.7. The van der Waals surface area contributed by atoms with E-state index in [-0.39, 0.29) is 24.2 Å². The van der Waals surface area contributed by atoms with E-state index in [0.717, 1.165) is 11.1 Å². The van der Waals surface area contributed by atoms with Crippen LogP contribution in [0, 0.1) is 0 Å². The second-order valence-electron chi connectivity index (χ2n) is 8.27. The zero-order valence-corrected chi connectivity index (χ0v) is 18.8. The van der Waals surface area contributed by atoms with Gasteiger partial charge in [0.25, 0.3) is 5.91 Å². The van der Waals surface area contributed by atoms with Crippen molar-refractivity contribution in [2.24, 2.45) is 0 Å². The Morgan fingerprint density at radius 1 is 1.16 bits per heavy atom. The lowest BCUT2D eigenvalue weighted by Gasteiger charge is -2.42. The van der Waals surface area contributed by atoms with E-state index < -0.39 is 5.54 Å². The lowest BCUT2D eigenvalue weighted by molar-refractivity contribution is -0.136. The third kappa shape index (κ3) is 4.30. The van der Waals surface area contributed by atoms with E-state index in [1.807, 2.05) is 12.1 Å². The number of rotatable bonds is 7. The van der Waals surface area contributed by atoms with Crippen molar-refractivity contribution in [2.75, 3.05) is 33.4 Å². The Bertz CT molecular complexity index is 979. The van der Waals surface area contributed by atoms with Crippen molar-refractivity contribution in [2.45, 2.75) is 31.5 Å². The second-order valence-corrected chi connectivity index (χ2v) is 8.68. The lowest BCUT2D eigenvalue weighted by atomic mass is 9.85. The topological polar surface area (TPSA) is 86.2 Å². The molecule has 2 aliphatic heterocycles. The number of carbonyl (C=O) groups excluding carboxylic acids is 2. The molecule has 2 aliphatic rings. The van der Waals surface area contributed by atoms with E-state index in [1.165, 1.54) is 4.90 Å². The maximum absolute atomic E-state index is 13.6. The van der Waals surface area contributed by atoms with Crippen LogP contribution < -0.4 is 0 Å². The number of aromatic nitrogens is 1. The summed E-state index contributed by atoms with van der Waals surface area (Å²) in [5.41, 5.74) is 0.965. The molecule has 170 valence electrons. The minimum Gasteiger partial charge on any atom is -0.506 e. The van der Waals surface area contributed by atoms with E-state index >= 15 is 0 Å². The number of hydrogen-bond acceptors (Lipinski definition) is 6. The molecule has 0 unspecified atom stereocenters. The largest absolute Gasteiger partial charge is 0.506 e. The molecule has 3 heterocycles. The number of aromatic hydroxyl groups is 1. The summed E-state index contributed by atoms with van der Waals surface area (Å²) in [5.74, 6) is -0.0830. The Kier molecular flexibility index (Phi) is 6.64. The normalized spacial score (nSPS) is 18.7. The minimum atomic E-state index is -0.846. The highest BCUT2D eigenvalue weighted by molar-refractivity contribution is 6.32. The van der Waals surface area contributed by atoms with Crippen LogP contribution in [0.25, 0.3) is 0 Å². The fraction of sp³-hybridized carbons (Fsp3) is 0.435. The molecule has 3 amide bonds. The molecule has 4 rings (SSSR count). The van der Waals surface area contributed by atoms with Crippen LogP contribution in [-0.4, -0.2) is 75.6 Å². The van der Waals surface area contributed by atoms with Crippen LogP contribution >= 0.6 is 11.6 Å². The van der Waals surface area contributed by atoms with Crippen molar-refractivity contribution in [1.82, 2.24) is 19.7 Å². The lowest BCUT2D eigenvalue weighted by Crippen LogP contribution is -2.57. The summed E-state index contributed by atoms with van der Waals surface area (Å²) in [6.07, 6.45) is 4.45. The van der Waals surface area contributed by atoms with Gasteiger partial charge in [-0.05, 0) is 42.2 Å². The molecule has 32 heavy (non-hydrogen) atoms. The molecule has 0 bridgehead atoms. The summed E-state index contributed by atoms with van der Waals surface area (Å²) >= 11 is 6.04. The van der Waals surface area contributed by atoms with E-state index in [0.29, 0.717) is 50.7 Å². The number of ether oxygens (including phenoxy) is 1. The highest BCUT2D eigenvalue weighted by atomic mass is 35.5. The standard InChI is InChI=1S/C23H27ClN4O4/c1-32-12-11-28-22(31)27(16-18-3-2-8-25-14-18)21(30)23(28)6-9-26(10-7-23)15-17-4-5-20(29)19(24)13-17/h2-5,8,13-14,29H,6-7,9-12,15-16H2,1H3. The van der Waals surface area contributed by atoms with Crippen molar-refractivity contribution in [3.05, 3.63) is 58.9 Å². The summed E-state index contributed by atoms with van der Waals surface area (Å²) < 4.78 is 5.22. The zero-order valence-electron chi connectivity index (χ0n) is 18.0. The van der Waals surface area contributed by atoms with Gasteiger partial charge in [0, 0.05) is 45.7 Å². The summed E-state index contributed by atoms with van der Waals surface area (Å²) in [6.45, 7) is 2.96. The van der Waals surface area contributed by atoms with Crippen LogP contribution in [0.15, 0.2) is 42.7 Å². The summed E-state index contributed by atoms with van der Waals surface area (Å²) in [4.78, 5) is 36.2. The van der Waals surface area contributed by atoms with Crippen LogP contribution in [-0.2, 0) is 22.6 Å². The van der Waals surface area contributed by atoms with Crippen LogP contribution in [0.3, 0.4) is 0 Å². The SMILES string of the molecule is COCCN1C(=O)N(Cc2cccnc2)C(=O)C12CCN(Cc1ccc(O)c(Cl)c1)CC2. The number of likely N-dealkylation sites (tertiary alicyclic amines) is 1. The molecular formula is C23H27ClN4O4. The van der Waals surface area contributed by atoms with Gasteiger partial charge < -0.3 is 14.7 Å². The predicted octanol–water partition coefficient (Wildman–Crippen LogP) is 2.89. The molecule has 0 aliphatic carbocycles. The fourth-order valence-corrected chi connectivity index (χ4v) is 4.76. The van der Waals surface area contributed by atoms with E-state index in [2.05, 4.69) is 9.88 Å². The summed E-state index contributed by atoms with van der Waals surface area (Å²) in [6, 6.07) is 8.58. The molecule has 1 spiro atoms. The number of hydrogen-bond donors (Lipinski definition) is 1. The molecule has 2 aromatic rings. The van der Waals surface area contributed by atoms with Gasteiger partial charge in [-0.2, -0.15) is 0 Å². The maximum atomic E-state index is 13.6. The number of amides is 3.